The summed E-state index contributed by atoms with van der Waals surface area (Å²) in [6, 6.07) is 7.41. The predicted octanol–water partition coefficient (Wildman–Crippen LogP) is 3.17. The fourth-order valence-electron chi connectivity index (χ4n) is 1.42. The highest BCUT2D eigenvalue weighted by Gasteiger charge is 2.06. The van der Waals surface area contributed by atoms with Gasteiger partial charge in [0, 0.05) is 12.6 Å². The first-order valence-corrected chi connectivity index (χ1v) is 6.23. The molecule has 0 radical (unpaired) electrons. The van der Waals surface area contributed by atoms with Crippen molar-refractivity contribution in [3.8, 4) is 11.6 Å². The Hall–Kier alpha value is -1.72. The summed E-state index contributed by atoms with van der Waals surface area (Å²) in [6.07, 6.45) is 0. The molecule has 2 aromatic rings. The van der Waals surface area contributed by atoms with Crippen LogP contribution in [0.1, 0.15) is 12.6 Å². The van der Waals surface area contributed by atoms with E-state index in [4.69, 9.17) is 16.3 Å². The van der Waals surface area contributed by atoms with Gasteiger partial charge >= 0.3 is 0 Å². The molecule has 0 atom stereocenters. The summed E-state index contributed by atoms with van der Waals surface area (Å²) in [4.78, 5) is 0. The molecule has 0 aliphatic rings. The van der Waals surface area contributed by atoms with Gasteiger partial charge in [-0.2, -0.15) is 5.10 Å². The highest BCUT2D eigenvalue weighted by atomic mass is 35.5. The molecule has 0 aliphatic heterocycles. The molecule has 0 bridgehead atoms. The van der Waals surface area contributed by atoms with Crippen molar-refractivity contribution in [2.24, 2.45) is 0 Å². The van der Waals surface area contributed by atoms with Crippen LogP contribution in [0.2, 0.25) is 5.02 Å². The van der Waals surface area contributed by atoms with Gasteiger partial charge in [-0.05, 0) is 30.8 Å². The molecule has 0 saturated carbocycles. The van der Waals surface area contributed by atoms with Crippen LogP contribution in [0.3, 0.4) is 0 Å². The second kappa shape index (κ2) is 6.45. The minimum atomic E-state index is -0.413. The zero-order valence-electron chi connectivity index (χ0n) is 10.4. The van der Waals surface area contributed by atoms with Crippen molar-refractivity contribution < 1.29 is 9.13 Å². The van der Waals surface area contributed by atoms with Crippen LogP contribution >= 0.6 is 11.6 Å². The highest BCUT2D eigenvalue weighted by Crippen LogP contribution is 2.28. The van der Waals surface area contributed by atoms with E-state index in [9.17, 15) is 4.39 Å². The van der Waals surface area contributed by atoms with Gasteiger partial charge in [-0.3, -0.25) is 0 Å². The largest absolute Gasteiger partial charge is 0.436 e. The van der Waals surface area contributed by atoms with Gasteiger partial charge in [-0.25, -0.2) is 4.39 Å². The third-order valence-corrected chi connectivity index (χ3v) is 2.66. The van der Waals surface area contributed by atoms with Crippen molar-refractivity contribution >= 4 is 11.6 Å². The summed E-state index contributed by atoms with van der Waals surface area (Å²) >= 11 is 5.86. The van der Waals surface area contributed by atoms with Crippen molar-refractivity contribution in [2.45, 2.75) is 13.5 Å². The van der Waals surface area contributed by atoms with E-state index >= 15 is 0 Å². The molecule has 0 unspecified atom stereocenters. The van der Waals surface area contributed by atoms with E-state index in [0.29, 0.717) is 18.2 Å². The Morgan fingerprint density at radius 2 is 2.11 bits per heavy atom. The zero-order valence-corrected chi connectivity index (χ0v) is 11.1. The lowest BCUT2D eigenvalue weighted by Crippen LogP contribution is -2.13. The van der Waals surface area contributed by atoms with Crippen LogP contribution in [0.25, 0.3) is 0 Å². The molecule has 0 aliphatic carbocycles. The molecule has 2 rings (SSSR count). The van der Waals surface area contributed by atoms with Gasteiger partial charge in [-0.1, -0.05) is 18.5 Å². The van der Waals surface area contributed by atoms with E-state index in [2.05, 4.69) is 15.5 Å². The van der Waals surface area contributed by atoms with Crippen LogP contribution in [0, 0.1) is 5.82 Å². The van der Waals surface area contributed by atoms with Crippen molar-refractivity contribution in [3.63, 3.8) is 0 Å². The van der Waals surface area contributed by atoms with Gasteiger partial charge in [-0.15, -0.1) is 5.10 Å². The maximum atomic E-state index is 12.9. The van der Waals surface area contributed by atoms with E-state index in [1.54, 1.807) is 6.07 Å². The molecule has 1 aromatic carbocycles. The van der Waals surface area contributed by atoms with Crippen LogP contribution in [-0.2, 0) is 6.54 Å². The van der Waals surface area contributed by atoms with Gasteiger partial charge in [0.15, 0.2) is 0 Å². The number of nitrogens with one attached hydrogen (secondary N) is 1. The van der Waals surface area contributed by atoms with Gasteiger partial charge in [0.25, 0.3) is 0 Å². The highest BCUT2D eigenvalue weighted by molar-refractivity contribution is 6.32. The summed E-state index contributed by atoms with van der Waals surface area (Å²) in [7, 11) is 0. The molecule has 0 saturated heterocycles. The number of nitrogens with zero attached hydrogens (tertiary/aromatic N) is 2. The smallest absolute Gasteiger partial charge is 0.238 e. The molecule has 0 fully saturated rings. The number of hydrogen-bond acceptors (Lipinski definition) is 4. The summed E-state index contributed by atoms with van der Waals surface area (Å²) in [6.45, 7) is 3.54. The van der Waals surface area contributed by atoms with Gasteiger partial charge in [0.1, 0.15) is 11.6 Å². The molecule has 4 nitrogen and oxygen atoms in total. The van der Waals surface area contributed by atoms with Crippen LogP contribution in [0.15, 0.2) is 30.3 Å². The molecule has 6 heteroatoms. The lowest BCUT2D eigenvalue weighted by molar-refractivity contribution is 0.452. The molecule has 19 heavy (non-hydrogen) atoms. The summed E-state index contributed by atoms with van der Waals surface area (Å²) < 4.78 is 18.3. The first-order valence-electron chi connectivity index (χ1n) is 5.85. The molecule has 100 valence electrons. The van der Waals surface area contributed by atoms with Gasteiger partial charge in [0.05, 0.1) is 10.7 Å². The fourth-order valence-corrected chi connectivity index (χ4v) is 1.63. The van der Waals surface area contributed by atoms with E-state index < -0.39 is 5.82 Å². The normalized spacial score (nSPS) is 10.5. The maximum absolute atomic E-state index is 12.9. The Morgan fingerprint density at radius 1 is 1.26 bits per heavy atom. The predicted molar refractivity (Wildman–Crippen MR) is 70.9 cm³/mol. The monoisotopic (exact) mass is 281 g/mol. The number of hydrogen-bond donors (Lipinski definition) is 1. The van der Waals surface area contributed by atoms with E-state index in [1.165, 1.54) is 18.2 Å². The Bertz CT molecular complexity index is 548. The van der Waals surface area contributed by atoms with E-state index in [1.807, 2.05) is 13.0 Å². The zero-order chi connectivity index (χ0) is 13.7. The van der Waals surface area contributed by atoms with Crippen molar-refractivity contribution in [1.29, 1.82) is 0 Å². The Kier molecular flexibility index (Phi) is 4.65. The van der Waals surface area contributed by atoms with Crippen molar-refractivity contribution in [3.05, 3.63) is 46.9 Å². The topological polar surface area (TPSA) is 47.0 Å². The first-order chi connectivity index (χ1) is 9.19. The molecule has 1 aromatic heterocycles. The standard InChI is InChI=1S/C13H13ClFN3O/c1-2-16-8-10-4-6-13(18-17-10)19-12-5-3-9(15)7-11(12)14/h3-7,16H,2,8H2,1H3. The molecule has 0 spiro atoms. The summed E-state index contributed by atoms with van der Waals surface area (Å²) in [5.41, 5.74) is 0.819. The first kappa shape index (κ1) is 13.7. The second-order valence-electron chi connectivity index (χ2n) is 3.82. The summed E-state index contributed by atoms with van der Waals surface area (Å²) in [5, 5.41) is 11.3. The lowest BCUT2D eigenvalue weighted by atomic mass is 10.3. The third kappa shape index (κ3) is 3.87. The van der Waals surface area contributed by atoms with Gasteiger partial charge < -0.3 is 10.1 Å². The second-order valence-corrected chi connectivity index (χ2v) is 4.23. The molecular weight excluding hydrogens is 269 g/mol. The summed E-state index contributed by atoms with van der Waals surface area (Å²) in [5.74, 6) is 0.245. The van der Waals surface area contributed by atoms with Crippen LogP contribution in [0.4, 0.5) is 4.39 Å². The SMILES string of the molecule is CCNCc1ccc(Oc2ccc(F)cc2Cl)nn1. The minimum absolute atomic E-state index is 0.193. The molecular formula is C13H13ClFN3O. The quantitative estimate of drug-likeness (QED) is 0.914. The third-order valence-electron chi connectivity index (χ3n) is 2.36. The average molecular weight is 282 g/mol. The number of benzene rings is 1. The van der Waals surface area contributed by atoms with Crippen LogP contribution in [-0.4, -0.2) is 16.7 Å². The van der Waals surface area contributed by atoms with Crippen LogP contribution < -0.4 is 10.1 Å². The van der Waals surface area contributed by atoms with Crippen LogP contribution in [0.5, 0.6) is 11.6 Å². The Morgan fingerprint density at radius 3 is 2.74 bits per heavy atom. The maximum Gasteiger partial charge on any atom is 0.238 e. The average Bonchev–Trinajstić information content (AvgIpc) is 2.41. The van der Waals surface area contributed by atoms with E-state index in [0.717, 1.165) is 12.2 Å². The molecule has 1 N–H and O–H groups in total. The number of ether oxygens (including phenoxy) is 1. The minimum Gasteiger partial charge on any atom is -0.436 e. The fraction of sp³-hybridized carbons (Fsp3) is 0.231. The number of aromatic nitrogens is 2. The van der Waals surface area contributed by atoms with Crippen molar-refractivity contribution in [1.82, 2.24) is 15.5 Å². The lowest BCUT2D eigenvalue weighted by Gasteiger charge is -2.06. The van der Waals surface area contributed by atoms with E-state index in [-0.39, 0.29) is 5.02 Å². The molecule has 1 heterocycles. The number of halogens is 2. The molecule has 0 amide bonds. The number of rotatable bonds is 5. The van der Waals surface area contributed by atoms with Gasteiger partial charge in [0.2, 0.25) is 5.88 Å². The Labute approximate surface area is 115 Å². The Balaban J connectivity index is 2.06. The van der Waals surface area contributed by atoms with Crippen molar-refractivity contribution in [2.75, 3.05) is 6.54 Å².